The Bertz CT molecular complexity index is 2150. The second-order valence-electron chi connectivity index (χ2n) is 17.0. The minimum atomic E-state index is -0.985. The van der Waals surface area contributed by atoms with Crippen LogP contribution < -0.4 is 14.8 Å². The van der Waals surface area contributed by atoms with Crippen LogP contribution in [0.4, 0.5) is 0 Å². The van der Waals surface area contributed by atoms with Crippen molar-refractivity contribution < 1.29 is 33.4 Å². The number of imide groups is 2. The number of hydrogen-bond acceptors (Lipinski definition) is 10. The number of carbonyl (C=O) groups is 5. The Morgan fingerprint density at radius 2 is 1.64 bits per heavy atom. The average Bonchev–Trinajstić information content (AvgIpc) is 3.79. The molecule has 3 aliphatic heterocycles. The summed E-state index contributed by atoms with van der Waals surface area (Å²) < 4.78 is 14.2. The molecule has 1 saturated carbocycles. The number of halogens is 1. The Kier molecular flexibility index (Phi) is 11.4. The summed E-state index contributed by atoms with van der Waals surface area (Å²) in [7, 11) is 1.37. The molecule has 2 aromatic carbocycles. The van der Waals surface area contributed by atoms with E-state index in [-0.39, 0.29) is 64.8 Å². The smallest absolute Gasteiger partial charge is 0.272 e. The number of benzene rings is 2. The minimum Gasteiger partial charge on any atom is -0.494 e. The van der Waals surface area contributed by atoms with Crippen LogP contribution >= 0.6 is 11.6 Å². The van der Waals surface area contributed by atoms with E-state index in [0.29, 0.717) is 34.4 Å². The normalized spacial score (nSPS) is 23.0. The number of aromatic nitrogens is 2. The number of nitriles is 1. The summed E-state index contributed by atoms with van der Waals surface area (Å²) in [5, 5.41) is 17.5. The van der Waals surface area contributed by atoms with Gasteiger partial charge in [0.15, 0.2) is 0 Å². The predicted molar refractivity (Wildman–Crippen MR) is 213 cm³/mol. The third kappa shape index (κ3) is 7.69. The first-order valence-corrected chi connectivity index (χ1v) is 20.4. The van der Waals surface area contributed by atoms with Crippen LogP contribution in [0.2, 0.25) is 5.02 Å². The van der Waals surface area contributed by atoms with Crippen molar-refractivity contribution in [2.24, 2.45) is 10.8 Å². The summed E-state index contributed by atoms with van der Waals surface area (Å²) in [5.74, 6) is -1.07. The quantitative estimate of drug-likeness (QED) is 0.168. The van der Waals surface area contributed by atoms with Gasteiger partial charge in [-0.1, -0.05) is 39.3 Å². The first-order chi connectivity index (χ1) is 27.6. The van der Waals surface area contributed by atoms with Gasteiger partial charge in [-0.25, -0.2) is 0 Å². The molecule has 1 aromatic heterocycles. The maximum Gasteiger partial charge on any atom is 0.272 e. The number of piperidine rings is 2. The lowest BCUT2D eigenvalue weighted by Crippen LogP contribution is -2.74. The van der Waals surface area contributed by atoms with Gasteiger partial charge in [-0.15, -0.1) is 0 Å². The second-order valence-corrected chi connectivity index (χ2v) is 17.4. The van der Waals surface area contributed by atoms with E-state index in [0.717, 1.165) is 61.5 Å². The molecular formula is C43H50ClN7O7. The zero-order chi connectivity index (χ0) is 41.5. The van der Waals surface area contributed by atoms with Gasteiger partial charge in [0, 0.05) is 55.7 Å². The van der Waals surface area contributed by atoms with Crippen molar-refractivity contribution in [3.05, 3.63) is 76.1 Å². The van der Waals surface area contributed by atoms with Gasteiger partial charge in [-0.2, -0.15) is 10.4 Å². The standard InChI is InChI=1S/C43H50ClN7O7/c1-42(2)40(43(3,4)41(42)58-29-10-9-26(25-45)32(44)24-29)46-36(53)33-17-21-50(47-33)27-15-19-49(20-16-27)18-7-6-8-22-57-28-11-12-30-31(23-28)38(55)51(37(30)54)34-13-14-35(52)48(5)39(34)56/h9-12,17,21,23-24,27,34,40-41H,6-8,13-16,18-20,22H2,1-5H3,(H,46,53). The Balaban J connectivity index is 0.813. The highest BCUT2D eigenvalue weighted by Gasteiger charge is 2.64. The molecule has 1 unspecified atom stereocenters. The third-order valence-electron chi connectivity index (χ3n) is 12.4. The molecule has 0 spiro atoms. The zero-order valence-electron chi connectivity index (χ0n) is 33.6. The SMILES string of the molecule is CN1C(=O)CCC(N2C(=O)c3ccc(OCCCCCN4CCC(n5ccc(C(=O)NC6C(C)(C)C(Oc7ccc(C#N)c(Cl)c7)C6(C)C)n5)CC4)cc3C2=O)C1=O. The van der Waals surface area contributed by atoms with Gasteiger partial charge in [0.05, 0.1) is 34.4 Å². The number of unbranched alkanes of at least 4 members (excludes halogenated alkanes) is 2. The number of hydrogen-bond donors (Lipinski definition) is 1. The van der Waals surface area contributed by atoms with Gasteiger partial charge >= 0.3 is 0 Å². The summed E-state index contributed by atoms with van der Waals surface area (Å²) >= 11 is 6.24. The van der Waals surface area contributed by atoms with Crippen molar-refractivity contribution in [1.29, 1.82) is 5.26 Å². The van der Waals surface area contributed by atoms with E-state index >= 15 is 0 Å². The van der Waals surface area contributed by atoms with Crippen molar-refractivity contribution in [3.63, 3.8) is 0 Å². The van der Waals surface area contributed by atoms with E-state index in [9.17, 15) is 29.2 Å². The van der Waals surface area contributed by atoms with Crippen LogP contribution in [-0.4, -0.2) is 105 Å². The van der Waals surface area contributed by atoms with Crippen LogP contribution in [0.25, 0.3) is 0 Å². The van der Waals surface area contributed by atoms with Crippen LogP contribution in [0, 0.1) is 22.2 Å². The van der Waals surface area contributed by atoms with Gasteiger partial charge < -0.3 is 19.7 Å². The minimum absolute atomic E-state index is 0.0969. The van der Waals surface area contributed by atoms with Crippen molar-refractivity contribution in [2.75, 3.05) is 33.3 Å². The summed E-state index contributed by atoms with van der Waals surface area (Å²) in [6.45, 7) is 11.6. The van der Waals surface area contributed by atoms with E-state index in [1.54, 1.807) is 42.5 Å². The second kappa shape index (κ2) is 16.2. The number of ether oxygens (including phenoxy) is 2. The van der Waals surface area contributed by atoms with Crippen LogP contribution in [0.15, 0.2) is 48.7 Å². The molecule has 3 fully saturated rings. The van der Waals surface area contributed by atoms with Gasteiger partial charge in [-0.05, 0) is 81.5 Å². The summed E-state index contributed by atoms with van der Waals surface area (Å²) in [5.41, 5.74) is 0.479. The molecule has 0 radical (unpaired) electrons. The van der Waals surface area contributed by atoms with Gasteiger partial charge in [0.25, 0.3) is 23.6 Å². The van der Waals surface area contributed by atoms with Gasteiger partial charge in [0.2, 0.25) is 5.91 Å². The lowest BCUT2D eigenvalue weighted by atomic mass is 9.49. The topological polar surface area (TPSA) is 167 Å². The van der Waals surface area contributed by atoms with E-state index < -0.39 is 23.8 Å². The summed E-state index contributed by atoms with van der Waals surface area (Å²) in [6, 6.07) is 12.8. The number of likely N-dealkylation sites (tertiary alicyclic amines) is 2. The van der Waals surface area contributed by atoms with Crippen molar-refractivity contribution in [2.45, 2.75) is 96.9 Å². The highest BCUT2D eigenvalue weighted by Crippen LogP contribution is 2.55. The molecule has 5 amide bonds. The summed E-state index contributed by atoms with van der Waals surface area (Å²) in [6.07, 6.45) is 6.61. The van der Waals surface area contributed by atoms with Crippen molar-refractivity contribution in [1.82, 2.24) is 29.8 Å². The third-order valence-corrected chi connectivity index (χ3v) is 12.7. The Morgan fingerprint density at radius 3 is 2.34 bits per heavy atom. The Hall–Kier alpha value is -5.26. The first-order valence-electron chi connectivity index (χ1n) is 20.0. The average molecular weight is 812 g/mol. The molecule has 15 heteroatoms. The maximum absolute atomic E-state index is 13.4. The Morgan fingerprint density at radius 1 is 0.931 bits per heavy atom. The molecule has 4 heterocycles. The molecule has 3 aromatic rings. The molecule has 2 saturated heterocycles. The molecule has 1 atom stereocenters. The zero-order valence-corrected chi connectivity index (χ0v) is 34.4. The van der Waals surface area contributed by atoms with Gasteiger partial charge in [0.1, 0.15) is 35.4 Å². The summed E-state index contributed by atoms with van der Waals surface area (Å²) in [4.78, 5) is 68.7. The fourth-order valence-electron chi connectivity index (χ4n) is 9.42. The van der Waals surface area contributed by atoms with Gasteiger partial charge in [-0.3, -0.25) is 38.5 Å². The number of fused-ring (bicyclic) bond motifs is 1. The Labute approximate surface area is 343 Å². The molecule has 7 rings (SSSR count). The number of likely N-dealkylation sites (N-methyl/N-ethyl adjacent to an activating group) is 1. The fourth-order valence-corrected chi connectivity index (χ4v) is 9.64. The van der Waals surface area contributed by atoms with E-state index in [1.807, 2.05) is 10.9 Å². The monoisotopic (exact) mass is 811 g/mol. The molecule has 306 valence electrons. The number of amides is 5. The highest BCUT2D eigenvalue weighted by atomic mass is 35.5. The van der Waals surface area contributed by atoms with Crippen LogP contribution in [0.3, 0.4) is 0 Å². The van der Waals surface area contributed by atoms with Crippen LogP contribution in [-0.2, 0) is 9.59 Å². The molecule has 1 N–H and O–H groups in total. The number of nitrogens with one attached hydrogen (secondary N) is 1. The first kappa shape index (κ1) is 40.9. The van der Waals surface area contributed by atoms with Crippen LogP contribution in [0.1, 0.15) is 115 Å². The molecule has 0 bridgehead atoms. The number of rotatable bonds is 13. The van der Waals surface area contributed by atoms with E-state index in [1.165, 1.54) is 7.05 Å². The predicted octanol–water partition coefficient (Wildman–Crippen LogP) is 5.65. The van der Waals surface area contributed by atoms with Crippen molar-refractivity contribution >= 4 is 41.1 Å². The molecule has 4 aliphatic rings. The highest BCUT2D eigenvalue weighted by molar-refractivity contribution is 6.31. The van der Waals surface area contributed by atoms with Crippen LogP contribution in [0.5, 0.6) is 11.5 Å². The molecule has 1 aliphatic carbocycles. The number of nitrogens with zero attached hydrogens (tertiary/aromatic N) is 6. The largest absolute Gasteiger partial charge is 0.494 e. The maximum atomic E-state index is 13.4. The molecule has 58 heavy (non-hydrogen) atoms. The molecular weight excluding hydrogens is 762 g/mol. The lowest BCUT2D eigenvalue weighted by Gasteiger charge is -2.63. The fraction of sp³-hybridized carbons (Fsp3) is 0.512. The lowest BCUT2D eigenvalue weighted by molar-refractivity contribution is -0.164. The molecule has 14 nitrogen and oxygen atoms in total. The number of carbonyl (C=O) groups excluding carboxylic acids is 5. The van der Waals surface area contributed by atoms with E-state index in [2.05, 4.69) is 44.0 Å². The van der Waals surface area contributed by atoms with Crippen molar-refractivity contribution in [3.8, 4) is 17.6 Å². The van der Waals surface area contributed by atoms with E-state index in [4.69, 9.17) is 26.2 Å².